The average molecular weight is 611 g/mol. The molecule has 0 N–H and O–H groups in total. The fourth-order valence-electron chi connectivity index (χ4n) is 7.65. The van der Waals surface area contributed by atoms with E-state index in [2.05, 4.69) is 103 Å². The summed E-state index contributed by atoms with van der Waals surface area (Å²) in [5.74, 6) is 0. The Kier molecular flexibility index (Phi) is 12.1. The molecule has 0 aromatic heterocycles. The lowest BCUT2D eigenvalue weighted by Crippen LogP contribution is -2.49. The predicted molar refractivity (Wildman–Crippen MR) is 183 cm³/mol. The molecule has 2 aliphatic heterocycles. The third-order valence-corrected chi connectivity index (χ3v) is 10.2. The summed E-state index contributed by atoms with van der Waals surface area (Å²) in [7, 11) is 1.88. The Morgan fingerprint density at radius 1 is 0.800 bits per heavy atom. The first-order valence-corrected chi connectivity index (χ1v) is 17.5. The molecule has 0 radical (unpaired) electrons. The third kappa shape index (κ3) is 7.99. The van der Waals surface area contributed by atoms with Crippen molar-refractivity contribution in [3.8, 4) is 0 Å². The van der Waals surface area contributed by atoms with Gasteiger partial charge in [0.15, 0.2) is 0 Å². The molecule has 5 nitrogen and oxygen atoms in total. The van der Waals surface area contributed by atoms with Gasteiger partial charge in [-0.15, -0.1) is 0 Å². The van der Waals surface area contributed by atoms with E-state index in [1.54, 1.807) is 4.90 Å². The van der Waals surface area contributed by atoms with Crippen molar-refractivity contribution < 1.29 is 14.3 Å². The van der Waals surface area contributed by atoms with Crippen molar-refractivity contribution in [2.24, 2.45) is 0 Å². The van der Waals surface area contributed by atoms with E-state index in [4.69, 9.17) is 9.47 Å². The molecule has 0 saturated carbocycles. The smallest absolute Gasteiger partial charge is 0.409 e. The van der Waals surface area contributed by atoms with Crippen LogP contribution in [0.15, 0.2) is 91.0 Å². The normalized spacial score (nSPS) is 19.8. The number of benzene rings is 3. The number of rotatable bonds is 17. The van der Waals surface area contributed by atoms with Crippen molar-refractivity contribution >= 4 is 6.09 Å². The summed E-state index contributed by atoms with van der Waals surface area (Å²) in [5.41, 5.74) is 2.61. The fourth-order valence-corrected chi connectivity index (χ4v) is 7.65. The van der Waals surface area contributed by atoms with Gasteiger partial charge >= 0.3 is 6.09 Å². The zero-order chi connectivity index (χ0) is 31.4. The number of unbranched alkanes of at least 4 members (excludes halogenated alkanes) is 7. The lowest BCUT2D eigenvalue weighted by Gasteiger charge is -2.41. The van der Waals surface area contributed by atoms with Crippen LogP contribution in [-0.4, -0.2) is 60.8 Å². The van der Waals surface area contributed by atoms with Gasteiger partial charge in [-0.3, -0.25) is 4.90 Å². The third-order valence-electron chi connectivity index (χ3n) is 10.2. The average Bonchev–Trinajstić information content (AvgIpc) is 3.66. The Balaban J connectivity index is 1.22. The first-order valence-electron chi connectivity index (χ1n) is 17.5. The minimum Gasteiger partial charge on any atom is -0.448 e. The zero-order valence-corrected chi connectivity index (χ0v) is 27.7. The van der Waals surface area contributed by atoms with Gasteiger partial charge in [0.05, 0.1) is 6.61 Å². The number of carbonyl (C=O) groups is 1. The molecule has 0 bridgehead atoms. The monoisotopic (exact) mass is 610 g/mol. The number of hydrogen-bond donors (Lipinski definition) is 0. The van der Waals surface area contributed by atoms with Gasteiger partial charge < -0.3 is 14.4 Å². The van der Waals surface area contributed by atoms with Gasteiger partial charge in [-0.05, 0) is 55.3 Å². The van der Waals surface area contributed by atoms with Gasteiger partial charge in [-0.2, -0.15) is 0 Å². The molecular formula is C40H54N2O3. The lowest BCUT2D eigenvalue weighted by molar-refractivity contribution is -0.0500. The molecule has 0 spiro atoms. The first-order chi connectivity index (χ1) is 22.1. The Bertz CT molecular complexity index is 1190. The minimum absolute atomic E-state index is 0.0519. The van der Waals surface area contributed by atoms with Crippen LogP contribution in [0.1, 0.15) is 101 Å². The highest BCUT2D eigenvalue weighted by atomic mass is 16.6. The molecule has 3 aromatic rings. The Labute approximate surface area is 271 Å². The molecule has 0 unspecified atom stereocenters. The van der Waals surface area contributed by atoms with Gasteiger partial charge in [0.1, 0.15) is 12.2 Å². The molecule has 2 fully saturated rings. The highest BCUT2D eigenvalue weighted by molar-refractivity contribution is 5.67. The van der Waals surface area contributed by atoms with Crippen molar-refractivity contribution in [3.63, 3.8) is 0 Å². The van der Waals surface area contributed by atoms with Gasteiger partial charge in [0, 0.05) is 25.2 Å². The topological polar surface area (TPSA) is 42.0 Å². The van der Waals surface area contributed by atoms with E-state index >= 15 is 0 Å². The molecule has 2 saturated heterocycles. The van der Waals surface area contributed by atoms with E-state index in [0.717, 1.165) is 61.9 Å². The standard InChI is InChI=1S/C40H54N2O3/c1-3-4-5-6-7-8-9-19-30-41(2)38(43)44-32-37-27-29-39(28-20-31-42(37)39)33-45-40(34-21-13-10-14-22-34,35-23-15-11-16-24-35)36-25-17-12-18-26-36/h10-18,21-26,37H,3-9,19-20,27-33H2,1-2H3/t37-,39+/m0/s1. The number of fused-ring (bicyclic) bond motifs is 1. The number of ether oxygens (including phenoxy) is 2. The summed E-state index contributed by atoms with van der Waals surface area (Å²) < 4.78 is 13.2. The maximum atomic E-state index is 12.9. The highest BCUT2D eigenvalue weighted by Gasteiger charge is 2.51. The number of amides is 1. The Hall–Kier alpha value is -3.15. The van der Waals surface area contributed by atoms with E-state index < -0.39 is 5.60 Å². The van der Waals surface area contributed by atoms with Crippen molar-refractivity contribution in [3.05, 3.63) is 108 Å². The number of carbonyl (C=O) groups excluding carboxylic acids is 1. The summed E-state index contributed by atoms with van der Waals surface area (Å²) in [5, 5.41) is 0. The number of nitrogens with zero attached hydrogens (tertiary/aromatic N) is 2. The van der Waals surface area contributed by atoms with Crippen LogP contribution in [0.25, 0.3) is 0 Å². The molecule has 2 aliphatic rings. The largest absolute Gasteiger partial charge is 0.448 e. The van der Waals surface area contributed by atoms with Crippen LogP contribution in [0.3, 0.4) is 0 Å². The maximum Gasteiger partial charge on any atom is 0.409 e. The summed E-state index contributed by atoms with van der Waals surface area (Å²) >= 11 is 0. The second-order valence-corrected chi connectivity index (χ2v) is 13.3. The molecule has 1 amide bonds. The predicted octanol–water partition coefficient (Wildman–Crippen LogP) is 9.20. The van der Waals surface area contributed by atoms with E-state index in [9.17, 15) is 4.79 Å². The second-order valence-electron chi connectivity index (χ2n) is 13.3. The van der Waals surface area contributed by atoms with E-state index in [0.29, 0.717) is 13.2 Å². The van der Waals surface area contributed by atoms with Crippen LogP contribution in [0.4, 0.5) is 4.79 Å². The molecule has 242 valence electrons. The van der Waals surface area contributed by atoms with Crippen molar-refractivity contribution in [1.82, 2.24) is 9.80 Å². The van der Waals surface area contributed by atoms with Crippen LogP contribution in [-0.2, 0) is 15.1 Å². The van der Waals surface area contributed by atoms with Gasteiger partial charge in [0.25, 0.3) is 0 Å². The molecule has 3 aromatic carbocycles. The molecule has 2 heterocycles. The molecule has 2 atom stereocenters. The summed E-state index contributed by atoms with van der Waals surface area (Å²) in [6.07, 6.45) is 14.2. The van der Waals surface area contributed by atoms with E-state index in [1.807, 2.05) is 7.05 Å². The van der Waals surface area contributed by atoms with E-state index in [-0.39, 0.29) is 17.7 Å². The Morgan fingerprint density at radius 3 is 1.89 bits per heavy atom. The minimum atomic E-state index is -0.727. The van der Waals surface area contributed by atoms with Crippen LogP contribution in [0.2, 0.25) is 0 Å². The fraction of sp³-hybridized carbons (Fsp3) is 0.525. The summed E-state index contributed by atoms with van der Waals surface area (Å²) in [4.78, 5) is 17.3. The Morgan fingerprint density at radius 2 is 1.33 bits per heavy atom. The van der Waals surface area contributed by atoms with Crippen LogP contribution < -0.4 is 0 Å². The molecule has 5 heteroatoms. The summed E-state index contributed by atoms with van der Waals surface area (Å²) in [6.45, 7) is 5.11. The molecule has 0 aliphatic carbocycles. The van der Waals surface area contributed by atoms with Gasteiger partial charge in [-0.1, -0.05) is 143 Å². The SMILES string of the molecule is CCCCCCCCCCN(C)C(=O)OC[C@@H]1CC[C@@]2(COC(c3ccccc3)(c3ccccc3)c3ccccc3)CCCN12. The quantitative estimate of drug-likeness (QED) is 0.113. The van der Waals surface area contributed by atoms with Crippen molar-refractivity contribution in [1.29, 1.82) is 0 Å². The van der Waals surface area contributed by atoms with E-state index in [1.165, 1.54) is 44.9 Å². The molecule has 45 heavy (non-hydrogen) atoms. The van der Waals surface area contributed by atoms with Gasteiger partial charge in [0.2, 0.25) is 0 Å². The number of hydrogen-bond acceptors (Lipinski definition) is 4. The molecule has 5 rings (SSSR count). The summed E-state index contributed by atoms with van der Waals surface area (Å²) in [6, 6.07) is 32.2. The van der Waals surface area contributed by atoms with Crippen molar-refractivity contribution in [2.45, 2.75) is 101 Å². The van der Waals surface area contributed by atoms with Crippen molar-refractivity contribution in [2.75, 3.05) is 33.4 Å². The maximum absolute atomic E-state index is 12.9. The first kappa shape index (κ1) is 33.2. The van der Waals surface area contributed by atoms with Crippen LogP contribution in [0, 0.1) is 0 Å². The van der Waals surface area contributed by atoms with Crippen LogP contribution in [0.5, 0.6) is 0 Å². The second kappa shape index (κ2) is 16.4. The van der Waals surface area contributed by atoms with Crippen LogP contribution >= 0.6 is 0 Å². The van der Waals surface area contributed by atoms with Gasteiger partial charge in [-0.25, -0.2) is 4.79 Å². The lowest BCUT2D eigenvalue weighted by atomic mass is 9.79. The zero-order valence-electron chi connectivity index (χ0n) is 27.7. The molecular weight excluding hydrogens is 556 g/mol. The highest BCUT2D eigenvalue weighted by Crippen LogP contribution is 2.47.